The molecule has 1 aliphatic carbocycles. The first-order valence-electron chi connectivity index (χ1n) is 8.28. The van der Waals surface area contributed by atoms with Crippen LogP contribution in [-0.2, 0) is 9.59 Å². The number of piperazine rings is 1. The molecule has 1 saturated carbocycles. The Morgan fingerprint density at radius 1 is 1.15 bits per heavy atom. The van der Waals surface area contributed by atoms with Crippen LogP contribution in [-0.4, -0.2) is 35.3 Å². The van der Waals surface area contributed by atoms with Gasteiger partial charge in [-0.05, 0) is 31.6 Å². The van der Waals surface area contributed by atoms with Gasteiger partial charge in [0, 0.05) is 6.54 Å². The maximum absolute atomic E-state index is 12.6. The largest absolute Gasteiger partial charge is 0.343 e. The van der Waals surface area contributed by atoms with Gasteiger partial charge in [-0.25, -0.2) is 0 Å². The highest BCUT2D eigenvalue weighted by Gasteiger charge is 2.39. The van der Waals surface area contributed by atoms with Gasteiger partial charge >= 0.3 is 0 Å². The number of carbonyl (C=O) groups excluding carboxylic acids is 2. The molecule has 20 heavy (non-hydrogen) atoms. The highest BCUT2D eigenvalue weighted by atomic mass is 16.2. The molecule has 2 unspecified atom stereocenters. The monoisotopic (exact) mass is 280 g/mol. The number of hydrogen-bond donors (Lipinski definition) is 1. The summed E-state index contributed by atoms with van der Waals surface area (Å²) >= 11 is 0. The lowest BCUT2D eigenvalue weighted by atomic mass is 9.88. The Balaban J connectivity index is 2.06. The van der Waals surface area contributed by atoms with Gasteiger partial charge in [-0.15, -0.1) is 0 Å². The van der Waals surface area contributed by atoms with Crippen LogP contribution >= 0.6 is 0 Å². The molecule has 1 aliphatic heterocycles. The molecular formula is C16H28N2O2. The van der Waals surface area contributed by atoms with Crippen LogP contribution in [0.2, 0.25) is 0 Å². The molecule has 4 nitrogen and oxygen atoms in total. The zero-order valence-electron chi connectivity index (χ0n) is 12.9. The summed E-state index contributed by atoms with van der Waals surface area (Å²) in [7, 11) is 0. The SMILES string of the molecule is CCCC1NC(=O)C(CC)N(CC2CCCCC2)C1=O. The number of rotatable bonds is 5. The van der Waals surface area contributed by atoms with Crippen molar-refractivity contribution in [2.24, 2.45) is 5.92 Å². The molecule has 2 amide bonds. The molecule has 0 bridgehead atoms. The van der Waals surface area contributed by atoms with E-state index in [4.69, 9.17) is 0 Å². The van der Waals surface area contributed by atoms with Crippen molar-refractivity contribution in [2.45, 2.75) is 77.3 Å². The molecule has 114 valence electrons. The van der Waals surface area contributed by atoms with E-state index in [0.29, 0.717) is 12.3 Å². The summed E-state index contributed by atoms with van der Waals surface area (Å²) < 4.78 is 0. The third kappa shape index (κ3) is 3.33. The fourth-order valence-corrected chi connectivity index (χ4v) is 3.58. The quantitative estimate of drug-likeness (QED) is 0.841. The summed E-state index contributed by atoms with van der Waals surface area (Å²) in [6.07, 6.45) is 8.67. The van der Waals surface area contributed by atoms with E-state index >= 15 is 0 Å². The predicted octanol–water partition coefficient (Wildman–Crippen LogP) is 2.47. The van der Waals surface area contributed by atoms with Crippen molar-refractivity contribution in [3.8, 4) is 0 Å². The molecular weight excluding hydrogens is 252 g/mol. The lowest BCUT2D eigenvalue weighted by molar-refractivity contribution is -0.150. The molecule has 0 aromatic rings. The summed E-state index contributed by atoms with van der Waals surface area (Å²) in [6, 6.07) is -0.545. The Hall–Kier alpha value is -1.06. The van der Waals surface area contributed by atoms with Crippen molar-refractivity contribution >= 4 is 11.8 Å². The molecule has 2 aliphatic rings. The Bertz CT molecular complexity index is 350. The van der Waals surface area contributed by atoms with Gasteiger partial charge in [-0.1, -0.05) is 39.5 Å². The average molecular weight is 280 g/mol. The van der Waals surface area contributed by atoms with Crippen LogP contribution in [0.4, 0.5) is 0 Å². The highest BCUT2D eigenvalue weighted by molar-refractivity contribution is 5.96. The van der Waals surface area contributed by atoms with Crippen LogP contribution in [0.3, 0.4) is 0 Å². The van der Waals surface area contributed by atoms with Crippen molar-refractivity contribution in [3.05, 3.63) is 0 Å². The summed E-state index contributed by atoms with van der Waals surface area (Å²) in [5.74, 6) is 0.778. The maximum atomic E-state index is 12.6. The predicted molar refractivity (Wildman–Crippen MR) is 79.2 cm³/mol. The number of nitrogens with zero attached hydrogens (tertiary/aromatic N) is 1. The van der Waals surface area contributed by atoms with Gasteiger partial charge in [-0.2, -0.15) is 0 Å². The van der Waals surface area contributed by atoms with Crippen LogP contribution in [0.5, 0.6) is 0 Å². The van der Waals surface area contributed by atoms with Gasteiger partial charge in [0.2, 0.25) is 11.8 Å². The first kappa shape index (κ1) is 15.3. The van der Waals surface area contributed by atoms with Gasteiger partial charge in [-0.3, -0.25) is 9.59 Å². The van der Waals surface area contributed by atoms with Crippen molar-refractivity contribution in [1.82, 2.24) is 10.2 Å². The van der Waals surface area contributed by atoms with E-state index in [1.807, 2.05) is 11.8 Å². The second-order valence-corrected chi connectivity index (χ2v) is 6.27. The maximum Gasteiger partial charge on any atom is 0.245 e. The molecule has 1 N–H and O–H groups in total. The third-order valence-corrected chi connectivity index (χ3v) is 4.72. The van der Waals surface area contributed by atoms with Crippen LogP contribution < -0.4 is 5.32 Å². The van der Waals surface area contributed by atoms with Crippen LogP contribution in [0.1, 0.15) is 65.2 Å². The molecule has 2 rings (SSSR count). The summed E-state index contributed by atoms with van der Waals surface area (Å²) in [5, 5.41) is 2.91. The van der Waals surface area contributed by atoms with Crippen molar-refractivity contribution in [2.75, 3.05) is 6.54 Å². The Labute approximate surface area is 122 Å². The fraction of sp³-hybridized carbons (Fsp3) is 0.875. The van der Waals surface area contributed by atoms with Gasteiger partial charge < -0.3 is 10.2 Å². The van der Waals surface area contributed by atoms with Crippen molar-refractivity contribution in [3.63, 3.8) is 0 Å². The fourth-order valence-electron chi connectivity index (χ4n) is 3.58. The summed E-state index contributed by atoms with van der Waals surface area (Å²) in [6.45, 7) is 4.83. The third-order valence-electron chi connectivity index (χ3n) is 4.72. The summed E-state index contributed by atoms with van der Waals surface area (Å²) in [4.78, 5) is 26.7. The average Bonchev–Trinajstić information content (AvgIpc) is 2.46. The van der Waals surface area contributed by atoms with Crippen LogP contribution in [0, 0.1) is 5.92 Å². The van der Waals surface area contributed by atoms with E-state index in [1.54, 1.807) is 0 Å². The van der Waals surface area contributed by atoms with Crippen molar-refractivity contribution < 1.29 is 9.59 Å². The molecule has 0 aromatic carbocycles. The number of amides is 2. The Kier molecular flexibility index (Phi) is 5.44. The number of nitrogens with one attached hydrogen (secondary N) is 1. The molecule has 1 heterocycles. The van der Waals surface area contributed by atoms with E-state index in [0.717, 1.165) is 19.4 Å². The van der Waals surface area contributed by atoms with E-state index in [2.05, 4.69) is 12.2 Å². The van der Waals surface area contributed by atoms with Gasteiger partial charge in [0.15, 0.2) is 0 Å². The first-order chi connectivity index (χ1) is 9.67. The first-order valence-corrected chi connectivity index (χ1v) is 8.28. The van der Waals surface area contributed by atoms with Gasteiger partial charge in [0.05, 0.1) is 0 Å². The smallest absolute Gasteiger partial charge is 0.245 e. The van der Waals surface area contributed by atoms with Crippen LogP contribution in [0.15, 0.2) is 0 Å². The standard InChI is InChI=1S/C16H28N2O2/c1-3-8-13-16(20)18(14(4-2)15(19)17-13)11-12-9-6-5-7-10-12/h12-14H,3-11H2,1-2H3,(H,17,19). The molecule has 4 heteroatoms. The molecule has 2 fully saturated rings. The van der Waals surface area contributed by atoms with Crippen LogP contribution in [0.25, 0.3) is 0 Å². The molecule has 0 radical (unpaired) electrons. The van der Waals surface area contributed by atoms with E-state index < -0.39 is 0 Å². The van der Waals surface area contributed by atoms with E-state index in [1.165, 1.54) is 32.1 Å². The zero-order valence-corrected chi connectivity index (χ0v) is 12.9. The molecule has 1 saturated heterocycles. The zero-order chi connectivity index (χ0) is 14.5. The second kappa shape index (κ2) is 7.09. The number of hydrogen-bond acceptors (Lipinski definition) is 2. The van der Waals surface area contributed by atoms with Crippen molar-refractivity contribution in [1.29, 1.82) is 0 Å². The Morgan fingerprint density at radius 3 is 2.45 bits per heavy atom. The summed E-state index contributed by atoms with van der Waals surface area (Å²) in [5.41, 5.74) is 0. The number of carbonyl (C=O) groups is 2. The lowest BCUT2D eigenvalue weighted by Crippen LogP contribution is -2.63. The van der Waals surface area contributed by atoms with Gasteiger partial charge in [0.25, 0.3) is 0 Å². The molecule has 0 spiro atoms. The normalized spacial score (nSPS) is 28.6. The minimum atomic E-state index is -0.293. The Morgan fingerprint density at radius 2 is 1.85 bits per heavy atom. The highest BCUT2D eigenvalue weighted by Crippen LogP contribution is 2.27. The topological polar surface area (TPSA) is 49.4 Å². The lowest BCUT2D eigenvalue weighted by Gasteiger charge is -2.41. The minimum Gasteiger partial charge on any atom is -0.343 e. The molecule has 2 atom stereocenters. The minimum absolute atomic E-state index is 0.0429. The second-order valence-electron chi connectivity index (χ2n) is 6.27. The van der Waals surface area contributed by atoms with E-state index in [9.17, 15) is 9.59 Å². The van der Waals surface area contributed by atoms with Gasteiger partial charge in [0.1, 0.15) is 12.1 Å². The van der Waals surface area contributed by atoms with E-state index in [-0.39, 0.29) is 23.9 Å². The molecule has 0 aromatic heterocycles.